The fourth-order valence-electron chi connectivity index (χ4n) is 2.10. The third kappa shape index (κ3) is 4.43. The summed E-state index contributed by atoms with van der Waals surface area (Å²) in [6.07, 6.45) is 2.02. The number of carboxylic acids is 1. The first-order chi connectivity index (χ1) is 11.0. The Labute approximate surface area is 134 Å². The molecule has 0 spiro atoms. The van der Waals surface area contributed by atoms with Gasteiger partial charge in [-0.2, -0.15) is 5.26 Å². The minimum Gasteiger partial charge on any atom is -0.480 e. The van der Waals surface area contributed by atoms with Gasteiger partial charge in [-0.15, -0.1) is 0 Å². The Morgan fingerprint density at radius 2 is 1.78 bits per heavy atom. The molecule has 0 amide bonds. The molecule has 0 saturated heterocycles. The molecule has 0 radical (unpaired) electrons. The summed E-state index contributed by atoms with van der Waals surface area (Å²) in [6.45, 7) is 0. The number of hydrogen-bond donors (Lipinski definition) is 3. The minimum atomic E-state index is -1.03. The van der Waals surface area contributed by atoms with Crippen molar-refractivity contribution in [3.05, 3.63) is 65.2 Å². The zero-order chi connectivity index (χ0) is 16.8. The lowest BCUT2D eigenvalue weighted by Crippen LogP contribution is -2.32. The van der Waals surface area contributed by atoms with Crippen LogP contribution in [-0.2, 0) is 11.2 Å². The number of nitrogen functional groups attached to an aromatic ring is 1. The molecular weight excluding hydrogens is 290 g/mol. The molecular formula is C18H17N3O2. The molecule has 2 aromatic carbocycles. The smallest absolute Gasteiger partial charge is 0.320 e. The highest BCUT2D eigenvalue weighted by atomic mass is 16.4. The number of nitriles is 1. The highest BCUT2D eigenvalue weighted by molar-refractivity contribution is 5.89. The van der Waals surface area contributed by atoms with E-state index in [0.717, 1.165) is 16.7 Å². The molecule has 5 N–H and O–H groups in total. The van der Waals surface area contributed by atoms with Gasteiger partial charge in [0.25, 0.3) is 0 Å². The second-order valence-corrected chi connectivity index (χ2v) is 5.18. The molecule has 2 rings (SSSR count). The molecule has 0 aliphatic rings. The standard InChI is InChI=1S/C18H17N3O2/c19-11-15(9-12-3-7-16(20)8-4-12)14-5-1-13(2-6-14)10-17(21)18(22)23/h1-9,17H,10,20-21H2,(H,22,23). The topological polar surface area (TPSA) is 113 Å². The molecule has 0 aromatic heterocycles. The van der Waals surface area contributed by atoms with E-state index in [9.17, 15) is 10.1 Å². The van der Waals surface area contributed by atoms with Gasteiger partial charge in [0.15, 0.2) is 0 Å². The number of benzene rings is 2. The summed E-state index contributed by atoms with van der Waals surface area (Å²) in [4.78, 5) is 10.8. The summed E-state index contributed by atoms with van der Waals surface area (Å²) in [6, 6.07) is 15.6. The van der Waals surface area contributed by atoms with E-state index in [1.807, 2.05) is 12.1 Å². The largest absolute Gasteiger partial charge is 0.480 e. The van der Waals surface area contributed by atoms with Gasteiger partial charge in [0.2, 0.25) is 0 Å². The first kappa shape index (κ1) is 16.3. The molecule has 116 valence electrons. The van der Waals surface area contributed by atoms with Crippen LogP contribution in [0.4, 0.5) is 5.69 Å². The van der Waals surface area contributed by atoms with Crippen LogP contribution in [-0.4, -0.2) is 17.1 Å². The van der Waals surface area contributed by atoms with E-state index in [2.05, 4.69) is 6.07 Å². The number of anilines is 1. The fourth-order valence-corrected chi connectivity index (χ4v) is 2.10. The van der Waals surface area contributed by atoms with Crippen LogP contribution in [0.25, 0.3) is 11.6 Å². The van der Waals surface area contributed by atoms with Crippen molar-refractivity contribution in [1.29, 1.82) is 5.26 Å². The number of aliphatic carboxylic acids is 1. The fraction of sp³-hybridized carbons (Fsp3) is 0.111. The van der Waals surface area contributed by atoms with E-state index in [4.69, 9.17) is 16.6 Å². The van der Waals surface area contributed by atoms with Crippen LogP contribution in [0.1, 0.15) is 16.7 Å². The number of carboxylic acid groups (broad SMARTS) is 1. The quantitative estimate of drug-likeness (QED) is 0.445. The number of allylic oxidation sites excluding steroid dienone is 1. The molecule has 5 heteroatoms. The Bertz CT molecular complexity index is 756. The van der Waals surface area contributed by atoms with E-state index < -0.39 is 12.0 Å². The molecule has 1 atom stereocenters. The summed E-state index contributed by atoms with van der Waals surface area (Å²) < 4.78 is 0. The SMILES string of the molecule is N#CC(=Cc1ccc(N)cc1)c1ccc(CC(N)C(=O)O)cc1. The van der Waals surface area contributed by atoms with Crippen molar-refractivity contribution in [2.45, 2.75) is 12.5 Å². The molecule has 2 aromatic rings. The molecule has 0 aliphatic heterocycles. The van der Waals surface area contributed by atoms with Crippen molar-refractivity contribution in [3.63, 3.8) is 0 Å². The van der Waals surface area contributed by atoms with Crippen LogP contribution >= 0.6 is 0 Å². The van der Waals surface area contributed by atoms with Crippen LogP contribution < -0.4 is 11.5 Å². The number of carbonyl (C=O) groups is 1. The summed E-state index contributed by atoms with van der Waals surface area (Å²) >= 11 is 0. The average molecular weight is 307 g/mol. The van der Waals surface area contributed by atoms with E-state index in [0.29, 0.717) is 11.3 Å². The second-order valence-electron chi connectivity index (χ2n) is 5.18. The van der Waals surface area contributed by atoms with Crippen molar-refractivity contribution < 1.29 is 9.90 Å². The normalized spacial score (nSPS) is 12.4. The summed E-state index contributed by atoms with van der Waals surface area (Å²) in [5, 5.41) is 18.2. The molecule has 0 heterocycles. The van der Waals surface area contributed by atoms with Gasteiger partial charge in [-0.3, -0.25) is 4.79 Å². The maximum atomic E-state index is 10.8. The first-order valence-corrected chi connectivity index (χ1v) is 7.04. The number of nitrogens with zero attached hydrogens (tertiary/aromatic N) is 1. The molecule has 0 fully saturated rings. The maximum Gasteiger partial charge on any atom is 0.320 e. The number of rotatable bonds is 5. The van der Waals surface area contributed by atoms with Crippen LogP contribution in [0.2, 0.25) is 0 Å². The van der Waals surface area contributed by atoms with Crippen molar-refractivity contribution in [3.8, 4) is 6.07 Å². The lowest BCUT2D eigenvalue weighted by atomic mass is 10.00. The van der Waals surface area contributed by atoms with Crippen LogP contribution in [0, 0.1) is 11.3 Å². The van der Waals surface area contributed by atoms with Crippen molar-refractivity contribution >= 4 is 23.3 Å². The minimum absolute atomic E-state index is 0.249. The van der Waals surface area contributed by atoms with Crippen LogP contribution in [0.3, 0.4) is 0 Å². The first-order valence-electron chi connectivity index (χ1n) is 7.04. The predicted octanol–water partition coefficient (Wildman–Crippen LogP) is 2.29. The van der Waals surface area contributed by atoms with E-state index in [1.54, 1.807) is 42.5 Å². The molecule has 0 aliphatic carbocycles. The summed E-state index contributed by atoms with van der Waals surface area (Å²) in [5.74, 6) is -1.03. The summed E-state index contributed by atoms with van der Waals surface area (Å²) in [7, 11) is 0. The predicted molar refractivity (Wildman–Crippen MR) is 90.1 cm³/mol. The van der Waals surface area contributed by atoms with E-state index in [-0.39, 0.29) is 6.42 Å². The van der Waals surface area contributed by atoms with Crippen molar-refractivity contribution in [1.82, 2.24) is 0 Å². The number of nitrogens with two attached hydrogens (primary N) is 2. The van der Waals surface area contributed by atoms with Gasteiger partial charge in [-0.25, -0.2) is 0 Å². The van der Waals surface area contributed by atoms with Crippen molar-refractivity contribution in [2.75, 3.05) is 5.73 Å². The zero-order valence-electron chi connectivity index (χ0n) is 12.4. The highest BCUT2D eigenvalue weighted by Gasteiger charge is 2.12. The van der Waals surface area contributed by atoms with Gasteiger partial charge in [-0.05, 0) is 41.3 Å². The Kier molecular flexibility index (Phi) is 5.13. The maximum absolute atomic E-state index is 10.8. The number of hydrogen-bond acceptors (Lipinski definition) is 4. The molecule has 0 saturated carbocycles. The molecule has 5 nitrogen and oxygen atoms in total. The van der Waals surface area contributed by atoms with Crippen LogP contribution in [0.5, 0.6) is 0 Å². The van der Waals surface area contributed by atoms with Gasteiger partial charge in [0.05, 0.1) is 11.6 Å². The third-order valence-electron chi connectivity index (χ3n) is 3.41. The lowest BCUT2D eigenvalue weighted by Gasteiger charge is -2.07. The van der Waals surface area contributed by atoms with Gasteiger partial charge in [0.1, 0.15) is 6.04 Å². The third-order valence-corrected chi connectivity index (χ3v) is 3.41. The van der Waals surface area contributed by atoms with Crippen LogP contribution in [0.15, 0.2) is 48.5 Å². The lowest BCUT2D eigenvalue weighted by molar-refractivity contribution is -0.138. The molecule has 0 bridgehead atoms. The van der Waals surface area contributed by atoms with Gasteiger partial charge < -0.3 is 16.6 Å². The molecule has 1 unspecified atom stereocenters. The zero-order valence-corrected chi connectivity index (χ0v) is 12.4. The van der Waals surface area contributed by atoms with E-state index in [1.165, 1.54) is 0 Å². The Morgan fingerprint density at radius 3 is 2.30 bits per heavy atom. The van der Waals surface area contributed by atoms with Crippen molar-refractivity contribution in [2.24, 2.45) is 5.73 Å². The highest BCUT2D eigenvalue weighted by Crippen LogP contribution is 2.19. The van der Waals surface area contributed by atoms with Gasteiger partial charge >= 0.3 is 5.97 Å². The Balaban J connectivity index is 2.21. The van der Waals surface area contributed by atoms with Gasteiger partial charge in [-0.1, -0.05) is 36.4 Å². The Hall–Kier alpha value is -3.10. The monoisotopic (exact) mass is 307 g/mol. The van der Waals surface area contributed by atoms with E-state index >= 15 is 0 Å². The van der Waals surface area contributed by atoms with Gasteiger partial charge in [0, 0.05) is 5.69 Å². The summed E-state index contributed by atoms with van der Waals surface area (Å²) in [5.41, 5.74) is 14.8. The Morgan fingerprint density at radius 1 is 1.17 bits per heavy atom. The second kappa shape index (κ2) is 7.25. The molecule has 23 heavy (non-hydrogen) atoms. The average Bonchev–Trinajstić information content (AvgIpc) is 2.55.